The average molecular weight is 509 g/mol. The van der Waals surface area contributed by atoms with Crippen molar-refractivity contribution in [3.05, 3.63) is 83.6 Å². The lowest BCUT2D eigenvalue weighted by atomic mass is 9.78. The average Bonchev–Trinajstić information content (AvgIpc) is 3.30. The van der Waals surface area contributed by atoms with Crippen molar-refractivity contribution >= 4 is 5.97 Å². The molecule has 0 fully saturated rings. The number of hydrogen-bond acceptors (Lipinski definition) is 7. The van der Waals surface area contributed by atoms with Crippen LogP contribution in [0, 0.1) is 5.92 Å². The summed E-state index contributed by atoms with van der Waals surface area (Å²) >= 11 is 0. The van der Waals surface area contributed by atoms with Crippen molar-refractivity contribution in [3.8, 4) is 11.1 Å². The van der Waals surface area contributed by atoms with E-state index in [2.05, 4.69) is 49.0 Å². The molecule has 198 valence electrons. The van der Waals surface area contributed by atoms with Gasteiger partial charge in [0.2, 0.25) is 12.0 Å². The number of carbonyl (C=O) groups excluding carboxylic acids is 1. The highest BCUT2D eigenvalue weighted by Gasteiger charge is 2.40. The van der Waals surface area contributed by atoms with E-state index in [1.807, 2.05) is 13.0 Å². The van der Waals surface area contributed by atoms with Gasteiger partial charge in [-0.05, 0) is 53.7 Å². The van der Waals surface area contributed by atoms with Gasteiger partial charge in [0, 0.05) is 25.0 Å². The molecular weight excluding hydrogens is 472 g/mol. The fourth-order valence-electron chi connectivity index (χ4n) is 5.09. The molecule has 4 rings (SSSR count). The van der Waals surface area contributed by atoms with Crippen LogP contribution in [0.2, 0.25) is 0 Å². The number of carbonyl (C=O) groups is 1. The molecule has 1 N–H and O–H groups in total. The molecule has 1 aliphatic heterocycles. The van der Waals surface area contributed by atoms with Crippen LogP contribution in [-0.4, -0.2) is 63.6 Å². The Morgan fingerprint density at radius 3 is 2.65 bits per heavy atom. The number of allylic oxidation sites excluding steroid dienone is 1. The molecule has 0 radical (unpaired) electrons. The number of hydrogen-bond donors (Lipinski definition) is 1. The molecule has 3 unspecified atom stereocenters. The van der Waals surface area contributed by atoms with Gasteiger partial charge in [0.15, 0.2) is 0 Å². The first-order chi connectivity index (χ1) is 18.2. The number of ether oxygens (including phenoxy) is 5. The zero-order chi connectivity index (χ0) is 26.0. The molecule has 7 nitrogen and oxygen atoms in total. The van der Waals surface area contributed by atoms with E-state index in [0.717, 1.165) is 12.0 Å². The van der Waals surface area contributed by atoms with E-state index in [4.69, 9.17) is 28.8 Å². The molecule has 2 aromatic rings. The van der Waals surface area contributed by atoms with Crippen LogP contribution in [0.4, 0.5) is 0 Å². The van der Waals surface area contributed by atoms with Crippen LogP contribution in [-0.2, 0) is 34.9 Å². The molecule has 1 aliphatic carbocycles. The van der Waals surface area contributed by atoms with E-state index in [0.29, 0.717) is 39.5 Å². The van der Waals surface area contributed by atoms with E-state index in [1.165, 1.54) is 28.3 Å². The summed E-state index contributed by atoms with van der Waals surface area (Å²) in [5.41, 5.74) is 6.21. The summed E-state index contributed by atoms with van der Waals surface area (Å²) in [6, 6.07) is 14.9. The molecule has 0 bridgehead atoms. The third kappa shape index (κ3) is 6.48. The lowest BCUT2D eigenvalue weighted by Crippen LogP contribution is -2.37. The minimum atomic E-state index is -0.625. The Hall–Kier alpha value is -2.97. The normalized spacial score (nSPS) is 19.9. The first-order valence-corrected chi connectivity index (χ1v) is 12.9. The van der Waals surface area contributed by atoms with Gasteiger partial charge < -0.3 is 28.8 Å². The molecule has 2 aliphatic rings. The van der Waals surface area contributed by atoms with E-state index in [-0.39, 0.29) is 30.8 Å². The minimum Gasteiger partial charge on any atom is -0.457 e. The lowest BCUT2D eigenvalue weighted by molar-refractivity contribution is -0.176. The minimum absolute atomic E-state index is 0.00764. The van der Waals surface area contributed by atoms with E-state index in [9.17, 15) is 4.79 Å². The smallest absolute Gasteiger partial charge is 0.373 e. The Morgan fingerprint density at radius 1 is 1.08 bits per heavy atom. The molecule has 0 amide bonds. The van der Waals surface area contributed by atoms with Crippen LogP contribution >= 0.6 is 0 Å². The standard InChI is InChI=1S/C30H36O7/c1-3-14-36-29(32)28-20-27(24-11-7-10-23-22-9-6-5-8-21(22)19-26(23)24)25(30(37-28)35-4-2)12-15-33-17-18-34-16-13-31/h3,5-11,20,25,27,30-31H,1,4,12-19H2,2H3. The number of fused-ring (bicyclic) bond motifs is 3. The van der Waals surface area contributed by atoms with Crippen LogP contribution in [0.25, 0.3) is 11.1 Å². The van der Waals surface area contributed by atoms with Gasteiger partial charge >= 0.3 is 5.97 Å². The summed E-state index contributed by atoms with van der Waals surface area (Å²) in [5.74, 6) is -0.575. The van der Waals surface area contributed by atoms with Crippen molar-refractivity contribution in [1.29, 1.82) is 0 Å². The number of aliphatic hydroxyl groups is 1. The Kier molecular flexibility index (Phi) is 9.91. The van der Waals surface area contributed by atoms with E-state index >= 15 is 0 Å². The Labute approximate surface area is 218 Å². The highest BCUT2D eigenvalue weighted by molar-refractivity contribution is 5.87. The number of rotatable bonds is 14. The van der Waals surface area contributed by atoms with E-state index in [1.54, 1.807) is 0 Å². The number of aliphatic hydroxyl groups excluding tert-OH is 1. The molecule has 0 spiro atoms. The summed E-state index contributed by atoms with van der Waals surface area (Å²) in [7, 11) is 0. The van der Waals surface area contributed by atoms with Gasteiger partial charge in [-0.1, -0.05) is 55.1 Å². The molecule has 0 aromatic heterocycles. The summed E-state index contributed by atoms with van der Waals surface area (Å²) < 4.78 is 28.5. The molecule has 2 aromatic carbocycles. The third-order valence-corrected chi connectivity index (χ3v) is 6.70. The predicted octanol–water partition coefficient (Wildman–Crippen LogP) is 4.38. The second kappa shape index (κ2) is 13.5. The lowest BCUT2D eigenvalue weighted by Gasteiger charge is -2.37. The fourth-order valence-corrected chi connectivity index (χ4v) is 5.09. The summed E-state index contributed by atoms with van der Waals surface area (Å²) in [4.78, 5) is 12.8. The maximum Gasteiger partial charge on any atom is 0.373 e. The second-order valence-corrected chi connectivity index (χ2v) is 8.99. The molecule has 37 heavy (non-hydrogen) atoms. The van der Waals surface area contributed by atoms with Gasteiger partial charge in [-0.25, -0.2) is 4.79 Å². The fraction of sp³-hybridized carbons (Fsp3) is 0.433. The second-order valence-electron chi connectivity index (χ2n) is 8.99. The van der Waals surface area contributed by atoms with Crippen molar-refractivity contribution < 1.29 is 33.6 Å². The van der Waals surface area contributed by atoms with Crippen molar-refractivity contribution in [3.63, 3.8) is 0 Å². The SMILES string of the molecule is C=CCOC(=O)C1=CC(c2cccc3c2Cc2ccccc2-3)C(CCOCCOCCO)C(OCC)O1. The summed E-state index contributed by atoms with van der Waals surface area (Å²) in [5, 5.41) is 8.85. The van der Waals surface area contributed by atoms with E-state index < -0.39 is 12.3 Å². The topological polar surface area (TPSA) is 83.5 Å². The highest BCUT2D eigenvalue weighted by atomic mass is 16.7. The molecule has 3 atom stereocenters. The molecule has 0 saturated heterocycles. The number of esters is 1. The van der Waals surface area contributed by atoms with Crippen LogP contribution in [0.3, 0.4) is 0 Å². The van der Waals surface area contributed by atoms with Gasteiger partial charge in [0.05, 0.1) is 26.4 Å². The maximum absolute atomic E-state index is 12.8. The molecule has 1 heterocycles. The molecule has 7 heteroatoms. The van der Waals surface area contributed by atoms with Gasteiger partial charge in [-0.3, -0.25) is 0 Å². The van der Waals surface area contributed by atoms with Crippen LogP contribution < -0.4 is 0 Å². The highest BCUT2D eigenvalue weighted by Crippen LogP contribution is 2.45. The maximum atomic E-state index is 12.8. The van der Waals surface area contributed by atoms with Crippen LogP contribution in [0.5, 0.6) is 0 Å². The van der Waals surface area contributed by atoms with Gasteiger partial charge in [-0.15, -0.1) is 0 Å². The first-order valence-electron chi connectivity index (χ1n) is 12.9. The first kappa shape index (κ1) is 27.1. The quantitative estimate of drug-likeness (QED) is 0.197. The largest absolute Gasteiger partial charge is 0.457 e. The Morgan fingerprint density at radius 2 is 1.86 bits per heavy atom. The van der Waals surface area contributed by atoms with Crippen LogP contribution in [0.1, 0.15) is 36.0 Å². The van der Waals surface area contributed by atoms with Gasteiger partial charge in [0.1, 0.15) is 6.61 Å². The summed E-state index contributed by atoms with van der Waals surface area (Å²) in [6.07, 6.45) is 4.30. The van der Waals surface area contributed by atoms with Crippen molar-refractivity contribution in [2.75, 3.05) is 46.2 Å². The Bertz CT molecular complexity index is 1090. The van der Waals surface area contributed by atoms with Crippen molar-refractivity contribution in [1.82, 2.24) is 0 Å². The van der Waals surface area contributed by atoms with Crippen molar-refractivity contribution in [2.45, 2.75) is 32.0 Å². The molecule has 0 saturated carbocycles. The monoisotopic (exact) mass is 508 g/mol. The Balaban J connectivity index is 1.63. The zero-order valence-corrected chi connectivity index (χ0v) is 21.4. The van der Waals surface area contributed by atoms with Gasteiger partial charge in [0.25, 0.3) is 0 Å². The van der Waals surface area contributed by atoms with Crippen LogP contribution in [0.15, 0.2) is 67.0 Å². The zero-order valence-electron chi connectivity index (χ0n) is 21.4. The predicted molar refractivity (Wildman–Crippen MR) is 140 cm³/mol. The number of benzene rings is 2. The van der Waals surface area contributed by atoms with Crippen molar-refractivity contribution in [2.24, 2.45) is 5.92 Å². The molecular formula is C30H36O7. The third-order valence-electron chi connectivity index (χ3n) is 6.70. The van der Waals surface area contributed by atoms with Gasteiger partial charge in [-0.2, -0.15) is 0 Å². The summed E-state index contributed by atoms with van der Waals surface area (Å²) in [6.45, 7) is 7.71.